The number of sulfonamides is 1. The fourth-order valence-electron chi connectivity index (χ4n) is 2.55. The molecule has 1 amide bonds. The summed E-state index contributed by atoms with van der Waals surface area (Å²) in [4.78, 5) is 12.3. The second-order valence-electron chi connectivity index (χ2n) is 5.86. The molecule has 1 heterocycles. The Morgan fingerprint density at radius 2 is 1.86 bits per heavy atom. The zero-order valence-corrected chi connectivity index (χ0v) is 17.2. The highest BCUT2D eigenvalue weighted by atomic mass is 79.9. The number of primary sulfonamides is 1. The van der Waals surface area contributed by atoms with Crippen LogP contribution in [0.15, 0.2) is 68.4 Å². The van der Waals surface area contributed by atoms with Gasteiger partial charge in [-0.05, 0) is 42.5 Å². The number of hydrogen-bond donors (Lipinski definition) is 2. The molecular weight excluding hydrogens is 448 g/mol. The standard InChI is InChI=1S/C19H17BrN2O5S/c1-26-18-9-7-15(28(21,24)25)10-16(18)19(23)22-11-14-6-8-17(27-14)12-2-4-13(20)5-3-12/h2-10H,11H2,1H3,(H,22,23)(H2,21,24,25). The van der Waals surface area contributed by atoms with E-state index in [1.54, 1.807) is 6.07 Å². The minimum absolute atomic E-state index is 0.0636. The second-order valence-corrected chi connectivity index (χ2v) is 8.34. The normalized spacial score (nSPS) is 11.2. The van der Waals surface area contributed by atoms with Gasteiger partial charge in [-0.2, -0.15) is 0 Å². The molecule has 0 saturated carbocycles. The molecule has 2 aromatic carbocycles. The Hall–Kier alpha value is -2.62. The number of nitrogens with one attached hydrogen (secondary N) is 1. The fourth-order valence-corrected chi connectivity index (χ4v) is 3.35. The number of halogens is 1. The van der Waals surface area contributed by atoms with Crippen LogP contribution in [0.2, 0.25) is 0 Å². The first-order valence-electron chi connectivity index (χ1n) is 8.11. The van der Waals surface area contributed by atoms with Gasteiger partial charge in [0.25, 0.3) is 5.91 Å². The van der Waals surface area contributed by atoms with Crippen LogP contribution in [-0.4, -0.2) is 21.4 Å². The topological polar surface area (TPSA) is 112 Å². The van der Waals surface area contributed by atoms with Crippen molar-refractivity contribution in [2.45, 2.75) is 11.4 Å². The Morgan fingerprint density at radius 3 is 2.50 bits per heavy atom. The number of nitrogens with two attached hydrogens (primary N) is 1. The van der Waals surface area contributed by atoms with E-state index in [0.717, 1.165) is 10.0 Å². The molecule has 3 N–H and O–H groups in total. The lowest BCUT2D eigenvalue weighted by Crippen LogP contribution is -2.24. The lowest BCUT2D eigenvalue weighted by atomic mass is 10.2. The number of benzene rings is 2. The van der Waals surface area contributed by atoms with Crippen molar-refractivity contribution in [1.82, 2.24) is 5.32 Å². The molecule has 3 rings (SSSR count). The average molecular weight is 465 g/mol. The van der Waals surface area contributed by atoms with Crippen molar-refractivity contribution in [2.75, 3.05) is 7.11 Å². The first kappa shape index (κ1) is 20.1. The van der Waals surface area contributed by atoms with E-state index in [-0.39, 0.29) is 22.8 Å². The zero-order chi connectivity index (χ0) is 20.3. The molecule has 0 bridgehead atoms. The third kappa shape index (κ3) is 4.61. The van der Waals surface area contributed by atoms with Crippen LogP contribution in [0.25, 0.3) is 11.3 Å². The third-order valence-electron chi connectivity index (χ3n) is 3.96. The maximum absolute atomic E-state index is 12.5. The van der Waals surface area contributed by atoms with Gasteiger partial charge in [0.2, 0.25) is 10.0 Å². The molecular formula is C19H17BrN2O5S. The molecule has 7 nitrogen and oxygen atoms in total. The number of amides is 1. The first-order valence-corrected chi connectivity index (χ1v) is 10.5. The number of carbonyl (C=O) groups is 1. The van der Waals surface area contributed by atoms with Crippen molar-refractivity contribution >= 4 is 31.9 Å². The van der Waals surface area contributed by atoms with Crippen molar-refractivity contribution in [3.63, 3.8) is 0 Å². The summed E-state index contributed by atoms with van der Waals surface area (Å²) in [5.74, 6) is 0.947. The number of rotatable bonds is 6. The molecule has 0 radical (unpaired) electrons. The van der Waals surface area contributed by atoms with Gasteiger partial charge in [0.05, 0.1) is 24.1 Å². The van der Waals surface area contributed by atoms with Crippen molar-refractivity contribution in [3.05, 3.63) is 70.4 Å². The minimum Gasteiger partial charge on any atom is -0.496 e. The van der Waals surface area contributed by atoms with E-state index in [2.05, 4.69) is 21.2 Å². The number of methoxy groups -OCH3 is 1. The molecule has 0 aliphatic heterocycles. The number of ether oxygens (including phenoxy) is 1. The van der Waals surface area contributed by atoms with Crippen molar-refractivity contribution in [3.8, 4) is 17.1 Å². The van der Waals surface area contributed by atoms with Gasteiger partial charge in [-0.1, -0.05) is 28.1 Å². The Balaban J connectivity index is 1.75. The van der Waals surface area contributed by atoms with Crippen molar-refractivity contribution in [1.29, 1.82) is 0 Å². The van der Waals surface area contributed by atoms with Gasteiger partial charge < -0.3 is 14.5 Å². The highest BCUT2D eigenvalue weighted by Gasteiger charge is 2.17. The van der Waals surface area contributed by atoms with Gasteiger partial charge in [-0.15, -0.1) is 0 Å². The van der Waals surface area contributed by atoms with E-state index in [9.17, 15) is 13.2 Å². The molecule has 0 saturated heterocycles. The van der Waals surface area contributed by atoms with E-state index >= 15 is 0 Å². The Kier molecular flexibility index (Phi) is 5.87. The molecule has 9 heteroatoms. The van der Waals surface area contributed by atoms with Crippen LogP contribution < -0.4 is 15.2 Å². The summed E-state index contributed by atoms with van der Waals surface area (Å²) >= 11 is 3.38. The minimum atomic E-state index is -3.94. The predicted octanol–water partition coefficient (Wildman–Crippen LogP) is 3.30. The van der Waals surface area contributed by atoms with Crippen LogP contribution in [0.3, 0.4) is 0 Å². The monoisotopic (exact) mass is 464 g/mol. The molecule has 1 aromatic heterocycles. The smallest absolute Gasteiger partial charge is 0.255 e. The van der Waals surface area contributed by atoms with E-state index in [0.29, 0.717) is 11.5 Å². The van der Waals surface area contributed by atoms with E-state index in [4.69, 9.17) is 14.3 Å². The molecule has 146 valence electrons. The first-order chi connectivity index (χ1) is 13.3. The largest absolute Gasteiger partial charge is 0.496 e. The van der Waals surface area contributed by atoms with Gasteiger partial charge in [-0.25, -0.2) is 13.6 Å². The summed E-state index contributed by atoms with van der Waals surface area (Å²) in [5.41, 5.74) is 0.969. The summed E-state index contributed by atoms with van der Waals surface area (Å²) in [5, 5.41) is 7.82. The molecule has 0 fully saturated rings. The molecule has 28 heavy (non-hydrogen) atoms. The van der Waals surface area contributed by atoms with Crippen molar-refractivity contribution < 1.29 is 22.4 Å². The van der Waals surface area contributed by atoms with Crippen molar-refractivity contribution in [2.24, 2.45) is 5.14 Å². The highest BCUT2D eigenvalue weighted by Crippen LogP contribution is 2.25. The Morgan fingerprint density at radius 1 is 1.14 bits per heavy atom. The maximum atomic E-state index is 12.5. The van der Waals surface area contributed by atoms with E-state index < -0.39 is 15.9 Å². The lowest BCUT2D eigenvalue weighted by Gasteiger charge is -2.10. The van der Waals surface area contributed by atoms with Gasteiger partial charge in [0.15, 0.2) is 0 Å². The molecule has 0 aliphatic rings. The fraction of sp³-hybridized carbons (Fsp3) is 0.105. The van der Waals surface area contributed by atoms with Crippen LogP contribution in [0.4, 0.5) is 0 Å². The zero-order valence-electron chi connectivity index (χ0n) is 14.8. The summed E-state index contributed by atoms with van der Waals surface area (Å²) < 4.78 is 34.9. The van der Waals surface area contributed by atoms with Crippen LogP contribution >= 0.6 is 15.9 Å². The van der Waals surface area contributed by atoms with Gasteiger partial charge in [-0.3, -0.25) is 4.79 Å². The molecule has 0 spiro atoms. The lowest BCUT2D eigenvalue weighted by molar-refractivity contribution is 0.0945. The van der Waals surface area contributed by atoms with Gasteiger partial charge in [0, 0.05) is 10.0 Å². The summed E-state index contributed by atoms with van der Waals surface area (Å²) in [6.07, 6.45) is 0. The molecule has 3 aromatic rings. The van der Waals surface area contributed by atoms with E-state index in [1.165, 1.54) is 25.3 Å². The second kappa shape index (κ2) is 8.17. The predicted molar refractivity (Wildman–Crippen MR) is 107 cm³/mol. The summed E-state index contributed by atoms with van der Waals surface area (Å²) in [6.45, 7) is 0.123. The van der Waals surface area contributed by atoms with Crippen LogP contribution in [0, 0.1) is 0 Å². The average Bonchev–Trinajstić information content (AvgIpc) is 3.14. The van der Waals surface area contributed by atoms with Gasteiger partial charge in [0.1, 0.15) is 17.3 Å². The number of furan rings is 1. The Bertz CT molecular complexity index is 1110. The molecule has 0 unspecified atom stereocenters. The summed E-state index contributed by atoms with van der Waals surface area (Å²) in [6, 6.07) is 15.1. The SMILES string of the molecule is COc1ccc(S(N)(=O)=O)cc1C(=O)NCc1ccc(-c2ccc(Br)cc2)o1. The molecule has 0 atom stereocenters. The molecule has 0 aliphatic carbocycles. The third-order valence-corrected chi connectivity index (χ3v) is 5.40. The number of hydrogen-bond acceptors (Lipinski definition) is 5. The number of carbonyl (C=O) groups excluding carboxylic acids is 1. The highest BCUT2D eigenvalue weighted by molar-refractivity contribution is 9.10. The van der Waals surface area contributed by atoms with Crippen LogP contribution in [0.1, 0.15) is 16.1 Å². The van der Waals surface area contributed by atoms with E-state index in [1.807, 2.05) is 30.3 Å². The maximum Gasteiger partial charge on any atom is 0.255 e. The van der Waals surface area contributed by atoms with Crippen LogP contribution in [0.5, 0.6) is 5.75 Å². The van der Waals surface area contributed by atoms with Crippen LogP contribution in [-0.2, 0) is 16.6 Å². The quantitative estimate of drug-likeness (QED) is 0.581. The Labute approximate surface area is 170 Å². The summed E-state index contributed by atoms with van der Waals surface area (Å²) in [7, 11) is -2.55. The van der Waals surface area contributed by atoms with Gasteiger partial charge >= 0.3 is 0 Å².